The van der Waals surface area contributed by atoms with Gasteiger partial charge in [0.1, 0.15) is 5.82 Å². The van der Waals surface area contributed by atoms with Crippen LogP contribution in [-0.2, 0) is 11.3 Å². The molecule has 3 rings (SSSR count). The maximum absolute atomic E-state index is 11.8. The summed E-state index contributed by atoms with van der Waals surface area (Å²) in [5.74, 6) is 0.843. The highest BCUT2D eigenvalue weighted by Gasteiger charge is 2.13. The molecule has 0 bridgehead atoms. The average molecular weight is 381 g/mol. The summed E-state index contributed by atoms with van der Waals surface area (Å²) in [5.41, 5.74) is 8.12. The van der Waals surface area contributed by atoms with Gasteiger partial charge in [0.05, 0.1) is 5.69 Å². The molecule has 0 aliphatic carbocycles. The summed E-state index contributed by atoms with van der Waals surface area (Å²) in [4.78, 5) is 20.8. The molecule has 0 amide bonds. The summed E-state index contributed by atoms with van der Waals surface area (Å²) in [5, 5.41) is 3.44. The molecule has 0 aromatic carbocycles. The third-order valence-electron chi connectivity index (χ3n) is 4.63. The first-order valence-corrected chi connectivity index (χ1v) is 9.66. The lowest BCUT2D eigenvalue weighted by molar-refractivity contribution is 0.0904. The molecule has 0 unspecified atom stereocenters. The third-order valence-corrected chi connectivity index (χ3v) is 4.63. The predicted octanol–water partition coefficient (Wildman–Crippen LogP) is 2.95. The Hall–Kier alpha value is -2.93. The van der Waals surface area contributed by atoms with Crippen molar-refractivity contribution in [3.8, 4) is 0 Å². The van der Waals surface area contributed by atoms with E-state index in [1.807, 2.05) is 19.1 Å². The molecule has 0 atom stereocenters. The van der Waals surface area contributed by atoms with Gasteiger partial charge in [-0.3, -0.25) is 9.79 Å². The van der Waals surface area contributed by atoms with Gasteiger partial charge in [-0.05, 0) is 37.5 Å². The van der Waals surface area contributed by atoms with Crippen molar-refractivity contribution < 1.29 is 4.74 Å². The van der Waals surface area contributed by atoms with Crippen LogP contribution >= 0.6 is 0 Å². The van der Waals surface area contributed by atoms with E-state index >= 15 is 0 Å². The zero-order chi connectivity index (χ0) is 19.8. The van der Waals surface area contributed by atoms with Crippen molar-refractivity contribution in [3.05, 3.63) is 58.8 Å². The second-order valence-electron chi connectivity index (χ2n) is 6.76. The van der Waals surface area contributed by atoms with E-state index in [0.717, 1.165) is 49.4 Å². The molecule has 148 valence electrons. The van der Waals surface area contributed by atoms with Crippen LogP contribution in [0.15, 0.2) is 52.6 Å². The number of anilines is 1. The summed E-state index contributed by atoms with van der Waals surface area (Å²) in [7, 11) is 0. The summed E-state index contributed by atoms with van der Waals surface area (Å²) in [6.45, 7) is 4.29. The number of hydrogen-bond acceptors (Lipinski definition) is 6. The number of rotatable bonds is 7. The fourth-order valence-corrected chi connectivity index (χ4v) is 3.07. The van der Waals surface area contributed by atoms with Gasteiger partial charge in [0.2, 0.25) is 0 Å². The molecule has 28 heavy (non-hydrogen) atoms. The van der Waals surface area contributed by atoms with Gasteiger partial charge in [0.25, 0.3) is 5.56 Å². The Kier molecular flexibility index (Phi) is 6.97. The number of hydrogen-bond donors (Lipinski definition) is 2. The first kappa shape index (κ1) is 19.8. The van der Waals surface area contributed by atoms with Crippen LogP contribution in [-0.4, -0.2) is 35.0 Å². The van der Waals surface area contributed by atoms with Crippen molar-refractivity contribution in [3.63, 3.8) is 0 Å². The van der Waals surface area contributed by atoms with Crippen molar-refractivity contribution in [1.82, 2.24) is 9.55 Å². The van der Waals surface area contributed by atoms with Crippen LogP contribution in [0.1, 0.15) is 31.7 Å². The van der Waals surface area contributed by atoms with E-state index in [1.165, 1.54) is 12.3 Å². The van der Waals surface area contributed by atoms with E-state index in [1.54, 1.807) is 29.2 Å². The van der Waals surface area contributed by atoms with Gasteiger partial charge in [-0.15, -0.1) is 0 Å². The second kappa shape index (κ2) is 9.85. The van der Waals surface area contributed by atoms with Crippen LogP contribution in [0.25, 0.3) is 5.57 Å². The molecule has 2 aromatic heterocycles. The van der Waals surface area contributed by atoms with Crippen LogP contribution < -0.4 is 16.6 Å². The topological polar surface area (TPSA) is 94.5 Å². The minimum atomic E-state index is -0.0211. The number of nitrogens with two attached hydrogens (primary N) is 1. The number of aliphatic imine (C=N–C) groups is 1. The molecule has 1 fully saturated rings. The number of allylic oxidation sites excluding steroid dienone is 1. The molecule has 1 aliphatic rings. The van der Waals surface area contributed by atoms with E-state index in [4.69, 9.17) is 10.5 Å². The maximum Gasteiger partial charge on any atom is 0.250 e. The quantitative estimate of drug-likeness (QED) is 0.719. The maximum atomic E-state index is 11.8. The molecule has 0 radical (unpaired) electrons. The lowest BCUT2D eigenvalue weighted by Gasteiger charge is -2.23. The molecule has 7 heteroatoms. The van der Waals surface area contributed by atoms with E-state index in [9.17, 15) is 4.79 Å². The zero-order valence-electron chi connectivity index (χ0n) is 16.2. The molecule has 0 spiro atoms. The van der Waals surface area contributed by atoms with Crippen LogP contribution in [0.5, 0.6) is 0 Å². The summed E-state index contributed by atoms with van der Waals surface area (Å²) >= 11 is 0. The minimum Gasteiger partial charge on any atom is -0.404 e. The van der Waals surface area contributed by atoms with Gasteiger partial charge in [0, 0.05) is 67.8 Å². The smallest absolute Gasteiger partial charge is 0.250 e. The highest BCUT2D eigenvalue weighted by Crippen LogP contribution is 2.17. The number of nitrogens with zero attached hydrogens (tertiary/aromatic N) is 3. The average Bonchev–Trinajstić information content (AvgIpc) is 2.73. The van der Waals surface area contributed by atoms with E-state index < -0.39 is 0 Å². The van der Waals surface area contributed by atoms with Gasteiger partial charge < -0.3 is 20.4 Å². The summed E-state index contributed by atoms with van der Waals surface area (Å²) in [6.07, 6.45) is 9.61. The Bertz CT molecular complexity index is 880. The first-order valence-electron chi connectivity index (χ1n) is 9.66. The standard InChI is InChI=1S/C21H27N5O2/c1-2-9-26-15-19(4-6-21(26)27)23-14-17(12-22)16-3-5-20(24-13-16)25-18-7-10-28-11-8-18/h3-6,12-15,18H,2,7-11,22H2,1H3,(H,24,25). The Balaban J connectivity index is 1.68. The van der Waals surface area contributed by atoms with Crippen LogP contribution in [0.2, 0.25) is 0 Å². The number of aromatic nitrogens is 2. The largest absolute Gasteiger partial charge is 0.404 e. The molecule has 1 saturated heterocycles. The van der Waals surface area contributed by atoms with E-state index in [0.29, 0.717) is 18.3 Å². The minimum absolute atomic E-state index is 0.0211. The van der Waals surface area contributed by atoms with Gasteiger partial charge in [-0.1, -0.05) is 6.92 Å². The van der Waals surface area contributed by atoms with Crippen molar-refractivity contribution >= 4 is 23.3 Å². The predicted molar refractivity (Wildman–Crippen MR) is 113 cm³/mol. The highest BCUT2D eigenvalue weighted by molar-refractivity contribution is 6.10. The first-order chi connectivity index (χ1) is 13.7. The lowest BCUT2D eigenvalue weighted by Crippen LogP contribution is -2.28. The molecule has 2 aromatic rings. The van der Waals surface area contributed by atoms with Crippen LogP contribution in [0, 0.1) is 0 Å². The number of ether oxygens (including phenoxy) is 1. The normalized spacial score (nSPS) is 15.8. The van der Waals surface area contributed by atoms with Gasteiger partial charge in [0.15, 0.2) is 0 Å². The second-order valence-corrected chi connectivity index (χ2v) is 6.76. The molecule has 3 heterocycles. The third kappa shape index (κ3) is 5.29. The zero-order valence-corrected chi connectivity index (χ0v) is 16.2. The SMILES string of the molecule is CCCn1cc(N=CC(=CN)c2ccc(NC3CCOCC3)nc2)ccc1=O. The Labute approximate surface area is 165 Å². The fraction of sp³-hybridized carbons (Fsp3) is 0.381. The molecule has 7 nitrogen and oxygen atoms in total. The van der Waals surface area contributed by atoms with Gasteiger partial charge in [-0.25, -0.2) is 4.98 Å². The van der Waals surface area contributed by atoms with Crippen molar-refractivity contribution in [1.29, 1.82) is 0 Å². The summed E-state index contributed by atoms with van der Waals surface area (Å²) in [6, 6.07) is 7.56. The summed E-state index contributed by atoms with van der Waals surface area (Å²) < 4.78 is 7.04. The van der Waals surface area contributed by atoms with E-state index in [-0.39, 0.29) is 5.56 Å². The monoisotopic (exact) mass is 381 g/mol. The van der Waals surface area contributed by atoms with Gasteiger partial charge >= 0.3 is 0 Å². The van der Waals surface area contributed by atoms with Gasteiger partial charge in [-0.2, -0.15) is 0 Å². The highest BCUT2D eigenvalue weighted by atomic mass is 16.5. The number of pyridine rings is 2. The molecular formula is C21H27N5O2. The van der Waals surface area contributed by atoms with E-state index in [2.05, 4.69) is 15.3 Å². The van der Waals surface area contributed by atoms with Crippen molar-refractivity contribution in [2.45, 2.75) is 38.8 Å². The van der Waals surface area contributed by atoms with Crippen LogP contribution in [0.3, 0.4) is 0 Å². The van der Waals surface area contributed by atoms with Crippen LogP contribution in [0.4, 0.5) is 11.5 Å². The molecular weight excluding hydrogens is 354 g/mol. The fourth-order valence-electron chi connectivity index (χ4n) is 3.07. The Morgan fingerprint density at radius 3 is 2.86 bits per heavy atom. The Morgan fingerprint density at radius 2 is 2.18 bits per heavy atom. The molecule has 3 N–H and O–H groups in total. The Morgan fingerprint density at radius 1 is 1.36 bits per heavy atom. The van der Waals surface area contributed by atoms with Crippen molar-refractivity contribution in [2.75, 3.05) is 18.5 Å². The number of aryl methyl sites for hydroxylation is 1. The van der Waals surface area contributed by atoms with Crippen molar-refractivity contribution in [2.24, 2.45) is 10.7 Å². The molecule has 1 aliphatic heterocycles. The number of nitrogens with one attached hydrogen (secondary N) is 1. The molecule has 0 saturated carbocycles. The lowest BCUT2D eigenvalue weighted by atomic mass is 10.1.